The molecule has 1 aromatic heterocycles. The van der Waals surface area contributed by atoms with Crippen LogP contribution in [0.2, 0.25) is 0 Å². The molecule has 1 spiro atoms. The van der Waals surface area contributed by atoms with Gasteiger partial charge in [-0.05, 0) is 25.7 Å². The summed E-state index contributed by atoms with van der Waals surface area (Å²) in [6.07, 6.45) is 7.61. The van der Waals surface area contributed by atoms with Gasteiger partial charge in [0.25, 0.3) is 0 Å². The molecule has 1 aliphatic carbocycles. The van der Waals surface area contributed by atoms with Crippen LogP contribution >= 0.6 is 11.3 Å². The van der Waals surface area contributed by atoms with Gasteiger partial charge in [-0.1, -0.05) is 6.42 Å². The van der Waals surface area contributed by atoms with Gasteiger partial charge in [0.1, 0.15) is 5.60 Å². The minimum atomic E-state index is -0.527. The Kier molecular flexibility index (Phi) is 4.24. The van der Waals surface area contributed by atoms with E-state index in [1.54, 1.807) is 17.5 Å². The van der Waals surface area contributed by atoms with Crippen LogP contribution in [0.25, 0.3) is 0 Å². The lowest BCUT2D eigenvalue weighted by atomic mass is 9.75. The van der Waals surface area contributed by atoms with Crippen molar-refractivity contribution in [3.63, 3.8) is 0 Å². The third kappa shape index (κ3) is 3.10. The molecule has 1 amide bonds. The molecular weight excluding hydrogens is 288 g/mol. The first-order chi connectivity index (χ1) is 10.2. The zero-order valence-electron chi connectivity index (χ0n) is 12.0. The number of nitrogens with zero attached hydrogens (tertiary/aromatic N) is 1. The number of hydrogen-bond donors (Lipinski definition) is 1. The van der Waals surface area contributed by atoms with Crippen LogP contribution in [-0.2, 0) is 20.7 Å². The minimum absolute atomic E-state index is 0.0423. The summed E-state index contributed by atoms with van der Waals surface area (Å²) in [5.74, 6) is -0.585. The molecule has 21 heavy (non-hydrogen) atoms. The Labute approximate surface area is 128 Å². The lowest BCUT2D eigenvalue weighted by molar-refractivity contribution is -0.153. The molecule has 1 aliphatic heterocycles. The Hall–Kier alpha value is -1.43. The standard InChI is InChI=1S/C15H20N2O3S/c18-13-10-11(15(20-13)5-2-1-3-6-15)14(19)17-7-4-12-16-8-9-21-12/h8-9,11H,1-7,10H2,(H,17,19). The summed E-state index contributed by atoms with van der Waals surface area (Å²) in [4.78, 5) is 28.3. The third-order valence-corrected chi connectivity index (χ3v) is 5.30. The molecule has 114 valence electrons. The maximum atomic E-state index is 12.4. The van der Waals surface area contributed by atoms with Crippen molar-refractivity contribution in [2.45, 2.75) is 50.5 Å². The Morgan fingerprint density at radius 1 is 1.43 bits per heavy atom. The molecule has 6 heteroatoms. The molecule has 0 bridgehead atoms. The summed E-state index contributed by atoms with van der Waals surface area (Å²) < 4.78 is 5.57. The second kappa shape index (κ2) is 6.13. The molecular formula is C15H20N2O3S. The quantitative estimate of drug-likeness (QED) is 0.865. The monoisotopic (exact) mass is 308 g/mol. The average molecular weight is 308 g/mol. The molecule has 0 aromatic carbocycles. The predicted molar refractivity (Wildman–Crippen MR) is 78.8 cm³/mol. The topological polar surface area (TPSA) is 68.3 Å². The van der Waals surface area contributed by atoms with Gasteiger partial charge in [0.05, 0.1) is 17.3 Å². The van der Waals surface area contributed by atoms with Crippen molar-refractivity contribution < 1.29 is 14.3 Å². The molecule has 1 saturated heterocycles. The first kappa shape index (κ1) is 14.5. The number of rotatable bonds is 4. The maximum absolute atomic E-state index is 12.4. The molecule has 5 nitrogen and oxygen atoms in total. The molecule has 1 unspecified atom stereocenters. The van der Waals surface area contributed by atoms with Crippen LogP contribution in [0.5, 0.6) is 0 Å². The third-order valence-electron chi connectivity index (χ3n) is 4.46. The van der Waals surface area contributed by atoms with Crippen LogP contribution in [0.1, 0.15) is 43.5 Å². The average Bonchev–Trinajstić information content (AvgIpc) is 3.08. The fourth-order valence-electron chi connectivity index (χ4n) is 3.42. The second-order valence-electron chi connectivity index (χ2n) is 5.82. The van der Waals surface area contributed by atoms with Crippen LogP contribution in [0.3, 0.4) is 0 Å². The number of carbonyl (C=O) groups excluding carboxylic acids is 2. The highest BCUT2D eigenvalue weighted by Crippen LogP contribution is 2.44. The summed E-state index contributed by atoms with van der Waals surface area (Å²) >= 11 is 1.59. The van der Waals surface area contributed by atoms with Crippen molar-refractivity contribution in [2.75, 3.05) is 6.54 Å². The highest BCUT2D eigenvalue weighted by molar-refractivity contribution is 7.09. The zero-order valence-corrected chi connectivity index (χ0v) is 12.8. The molecule has 0 radical (unpaired) electrons. The first-order valence-electron chi connectivity index (χ1n) is 7.57. The van der Waals surface area contributed by atoms with E-state index in [9.17, 15) is 9.59 Å². The fraction of sp³-hybridized carbons (Fsp3) is 0.667. The van der Waals surface area contributed by atoms with E-state index in [2.05, 4.69) is 10.3 Å². The van der Waals surface area contributed by atoms with E-state index in [1.807, 2.05) is 5.38 Å². The number of esters is 1. The number of amides is 1. The number of thiazole rings is 1. The summed E-state index contributed by atoms with van der Waals surface area (Å²) in [7, 11) is 0. The molecule has 2 aliphatic rings. The predicted octanol–water partition coefficient (Wildman–Crippen LogP) is 2.07. The van der Waals surface area contributed by atoms with Crippen LogP contribution in [-0.4, -0.2) is 29.0 Å². The Morgan fingerprint density at radius 3 is 2.95 bits per heavy atom. The van der Waals surface area contributed by atoms with E-state index in [0.29, 0.717) is 6.54 Å². The van der Waals surface area contributed by atoms with Gasteiger partial charge in [0.2, 0.25) is 5.91 Å². The van der Waals surface area contributed by atoms with Crippen molar-refractivity contribution in [1.29, 1.82) is 0 Å². The minimum Gasteiger partial charge on any atom is -0.458 e. The van der Waals surface area contributed by atoms with E-state index in [4.69, 9.17) is 4.74 Å². The van der Waals surface area contributed by atoms with Gasteiger partial charge >= 0.3 is 5.97 Å². The van der Waals surface area contributed by atoms with Gasteiger partial charge < -0.3 is 10.1 Å². The van der Waals surface area contributed by atoms with E-state index in [-0.39, 0.29) is 24.2 Å². The van der Waals surface area contributed by atoms with Crippen molar-refractivity contribution in [3.05, 3.63) is 16.6 Å². The first-order valence-corrected chi connectivity index (χ1v) is 8.45. The van der Waals surface area contributed by atoms with Gasteiger partial charge in [-0.2, -0.15) is 0 Å². The Morgan fingerprint density at radius 2 is 2.24 bits per heavy atom. The van der Waals surface area contributed by atoms with Gasteiger partial charge in [-0.3, -0.25) is 9.59 Å². The van der Waals surface area contributed by atoms with E-state index >= 15 is 0 Å². The van der Waals surface area contributed by atoms with Gasteiger partial charge in [-0.25, -0.2) is 4.98 Å². The summed E-state index contributed by atoms with van der Waals surface area (Å²) in [6, 6.07) is 0. The lowest BCUT2D eigenvalue weighted by Crippen LogP contribution is -2.46. The van der Waals surface area contributed by atoms with Crippen LogP contribution in [0.4, 0.5) is 0 Å². The normalized spacial score (nSPS) is 24.0. The largest absolute Gasteiger partial charge is 0.458 e. The maximum Gasteiger partial charge on any atom is 0.307 e. The number of nitrogens with one attached hydrogen (secondary N) is 1. The van der Waals surface area contributed by atoms with Crippen molar-refractivity contribution in [2.24, 2.45) is 5.92 Å². The zero-order chi connectivity index (χ0) is 14.7. The molecule has 3 rings (SSSR count). The van der Waals surface area contributed by atoms with Gasteiger partial charge in [-0.15, -0.1) is 11.3 Å². The summed E-state index contributed by atoms with van der Waals surface area (Å²) in [6.45, 7) is 0.563. The number of aromatic nitrogens is 1. The van der Waals surface area contributed by atoms with E-state index in [0.717, 1.165) is 43.5 Å². The smallest absolute Gasteiger partial charge is 0.307 e. The summed E-state index contributed by atoms with van der Waals surface area (Å²) in [5.41, 5.74) is -0.527. The molecule has 1 aromatic rings. The van der Waals surface area contributed by atoms with Crippen LogP contribution < -0.4 is 5.32 Å². The fourth-order valence-corrected chi connectivity index (χ4v) is 4.04. The van der Waals surface area contributed by atoms with Crippen molar-refractivity contribution in [1.82, 2.24) is 10.3 Å². The highest BCUT2D eigenvalue weighted by Gasteiger charge is 2.52. The second-order valence-corrected chi connectivity index (χ2v) is 6.80. The molecule has 2 fully saturated rings. The van der Waals surface area contributed by atoms with Gasteiger partial charge in [0.15, 0.2) is 0 Å². The lowest BCUT2D eigenvalue weighted by Gasteiger charge is -2.36. The van der Waals surface area contributed by atoms with Crippen LogP contribution in [0, 0.1) is 5.92 Å². The molecule has 1 atom stereocenters. The van der Waals surface area contributed by atoms with Crippen LogP contribution in [0.15, 0.2) is 11.6 Å². The van der Waals surface area contributed by atoms with Gasteiger partial charge in [0, 0.05) is 24.5 Å². The number of ether oxygens (including phenoxy) is 1. The molecule has 1 saturated carbocycles. The van der Waals surface area contributed by atoms with Crippen molar-refractivity contribution >= 4 is 23.2 Å². The summed E-state index contributed by atoms with van der Waals surface area (Å²) in [5, 5.41) is 5.89. The number of carbonyl (C=O) groups is 2. The molecule has 1 N–H and O–H groups in total. The van der Waals surface area contributed by atoms with E-state index in [1.165, 1.54) is 0 Å². The van der Waals surface area contributed by atoms with Crippen molar-refractivity contribution in [3.8, 4) is 0 Å². The highest BCUT2D eigenvalue weighted by atomic mass is 32.1. The molecule has 2 heterocycles. The van der Waals surface area contributed by atoms with E-state index < -0.39 is 5.60 Å². The SMILES string of the molecule is O=C1CC(C(=O)NCCc2nccs2)C2(CCCCC2)O1. The number of hydrogen-bond acceptors (Lipinski definition) is 5. The Bertz CT molecular complexity index is 509. The Balaban J connectivity index is 1.58.